The van der Waals surface area contributed by atoms with Crippen LogP contribution in [0.5, 0.6) is 0 Å². The highest BCUT2D eigenvalue weighted by atomic mass is 16.2. The minimum atomic E-state index is 0.343. The van der Waals surface area contributed by atoms with Gasteiger partial charge in [-0.3, -0.25) is 9.69 Å². The highest BCUT2D eigenvalue weighted by molar-refractivity contribution is 5.81. The summed E-state index contributed by atoms with van der Waals surface area (Å²) in [5, 5.41) is 0. The molecule has 1 heterocycles. The van der Waals surface area contributed by atoms with Crippen LogP contribution < -0.4 is 0 Å². The first kappa shape index (κ1) is 15.5. The van der Waals surface area contributed by atoms with E-state index in [0.29, 0.717) is 23.8 Å². The van der Waals surface area contributed by atoms with Gasteiger partial charge in [0.2, 0.25) is 5.91 Å². The summed E-state index contributed by atoms with van der Waals surface area (Å²) in [7, 11) is 0. The Hall–Kier alpha value is -1.35. The Morgan fingerprint density at radius 3 is 2.55 bits per heavy atom. The second-order valence-electron chi connectivity index (χ2n) is 7.31. The van der Waals surface area contributed by atoms with E-state index in [0.717, 1.165) is 45.4 Å². The predicted molar refractivity (Wildman–Crippen MR) is 89.4 cm³/mol. The highest BCUT2D eigenvalue weighted by Gasteiger charge is 2.38. The molecule has 1 unspecified atom stereocenters. The van der Waals surface area contributed by atoms with Crippen molar-refractivity contribution in [3.8, 4) is 0 Å². The Labute approximate surface area is 134 Å². The quantitative estimate of drug-likeness (QED) is 0.834. The molecule has 1 saturated carbocycles. The summed E-state index contributed by atoms with van der Waals surface area (Å²) >= 11 is 0. The molecule has 3 nitrogen and oxygen atoms in total. The van der Waals surface area contributed by atoms with Crippen LogP contribution in [0.3, 0.4) is 0 Å². The zero-order valence-electron chi connectivity index (χ0n) is 13.9. The van der Waals surface area contributed by atoms with Gasteiger partial charge in [-0.2, -0.15) is 0 Å². The molecule has 1 aromatic carbocycles. The van der Waals surface area contributed by atoms with Gasteiger partial charge in [0.1, 0.15) is 0 Å². The summed E-state index contributed by atoms with van der Waals surface area (Å²) in [5.74, 6) is 1.40. The molecule has 1 amide bonds. The third-order valence-electron chi connectivity index (χ3n) is 4.77. The summed E-state index contributed by atoms with van der Waals surface area (Å²) in [6.07, 6.45) is 3.33. The van der Waals surface area contributed by atoms with E-state index in [4.69, 9.17) is 0 Å². The van der Waals surface area contributed by atoms with Crippen LogP contribution in [0.2, 0.25) is 0 Å². The van der Waals surface area contributed by atoms with E-state index in [1.54, 1.807) is 0 Å². The van der Waals surface area contributed by atoms with E-state index in [2.05, 4.69) is 54.0 Å². The largest absolute Gasteiger partial charge is 0.337 e. The maximum Gasteiger partial charge on any atom is 0.226 e. The fourth-order valence-corrected chi connectivity index (χ4v) is 3.51. The van der Waals surface area contributed by atoms with Crippen LogP contribution in [-0.4, -0.2) is 41.4 Å². The van der Waals surface area contributed by atoms with Gasteiger partial charge in [0, 0.05) is 38.1 Å². The maximum atomic E-state index is 12.5. The number of rotatable bonds is 5. The smallest absolute Gasteiger partial charge is 0.226 e. The van der Waals surface area contributed by atoms with Crippen molar-refractivity contribution in [1.82, 2.24) is 9.80 Å². The van der Waals surface area contributed by atoms with Crippen molar-refractivity contribution in [2.24, 2.45) is 11.8 Å². The van der Waals surface area contributed by atoms with Gasteiger partial charge in [-0.25, -0.2) is 0 Å². The first-order valence-electron chi connectivity index (χ1n) is 8.70. The number of benzene rings is 1. The van der Waals surface area contributed by atoms with Crippen molar-refractivity contribution in [2.75, 3.05) is 19.6 Å². The van der Waals surface area contributed by atoms with Crippen LogP contribution in [-0.2, 0) is 11.3 Å². The van der Waals surface area contributed by atoms with Crippen molar-refractivity contribution in [3.63, 3.8) is 0 Å². The molecule has 3 heteroatoms. The summed E-state index contributed by atoms with van der Waals surface area (Å²) in [6, 6.07) is 11.1. The number of piperazine rings is 1. The van der Waals surface area contributed by atoms with Crippen molar-refractivity contribution in [3.05, 3.63) is 35.9 Å². The molecule has 1 saturated heterocycles. The van der Waals surface area contributed by atoms with E-state index < -0.39 is 0 Å². The van der Waals surface area contributed by atoms with Gasteiger partial charge in [0.15, 0.2) is 0 Å². The zero-order valence-corrected chi connectivity index (χ0v) is 13.9. The molecule has 3 rings (SSSR count). The molecule has 2 fully saturated rings. The van der Waals surface area contributed by atoms with Gasteiger partial charge in [-0.1, -0.05) is 44.2 Å². The summed E-state index contributed by atoms with van der Waals surface area (Å²) < 4.78 is 0. The lowest BCUT2D eigenvalue weighted by Gasteiger charge is -2.42. The molecular formula is C19H28N2O. The Morgan fingerprint density at radius 1 is 1.18 bits per heavy atom. The standard InChI is InChI=1S/C19H28N2O/c1-15(2)12-18-14-20(13-16-6-4-3-5-7-16)10-11-21(18)19(22)17-8-9-17/h3-7,15,17-18H,8-14H2,1-2H3. The first-order valence-corrected chi connectivity index (χ1v) is 8.70. The van der Waals surface area contributed by atoms with Crippen molar-refractivity contribution >= 4 is 5.91 Å². The van der Waals surface area contributed by atoms with Crippen LogP contribution in [0.1, 0.15) is 38.7 Å². The lowest BCUT2D eigenvalue weighted by atomic mass is 9.99. The van der Waals surface area contributed by atoms with Crippen molar-refractivity contribution in [1.29, 1.82) is 0 Å². The fourth-order valence-electron chi connectivity index (χ4n) is 3.51. The van der Waals surface area contributed by atoms with E-state index in [-0.39, 0.29) is 0 Å². The molecule has 1 aromatic rings. The van der Waals surface area contributed by atoms with Gasteiger partial charge in [0.05, 0.1) is 0 Å². The van der Waals surface area contributed by atoms with Crippen LogP contribution in [0.25, 0.3) is 0 Å². The summed E-state index contributed by atoms with van der Waals surface area (Å²) in [5.41, 5.74) is 1.37. The number of carbonyl (C=O) groups excluding carboxylic acids is 1. The molecule has 1 atom stereocenters. The lowest BCUT2D eigenvalue weighted by Crippen LogP contribution is -2.55. The van der Waals surface area contributed by atoms with Crippen LogP contribution >= 0.6 is 0 Å². The predicted octanol–water partition coefficient (Wildman–Crippen LogP) is 3.16. The minimum absolute atomic E-state index is 0.343. The van der Waals surface area contributed by atoms with Crippen molar-refractivity contribution in [2.45, 2.75) is 45.7 Å². The molecular weight excluding hydrogens is 272 g/mol. The number of nitrogens with zero attached hydrogens (tertiary/aromatic N) is 2. The number of hydrogen-bond donors (Lipinski definition) is 0. The zero-order chi connectivity index (χ0) is 15.5. The van der Waals surface area contributed by atoms with E-state index in [1.807, 2.05) is 0 Å². The maximum absolute atomic E-state index is 12.5. The molecule has 0 spiro atoms. The lowest BCUT2D eigenvalue weighted by molar-refractivity contribution is -0.138. The Kier molecular flexibility index (Phi) is 4.82. The Balaban J connectivity index is 1.64. The SMILES string of the molecule is CC(C)CC1CN(Cc2ccccc2)CCN1C(=O)C1CC1. The first-order chi connectivity index (χ1) is 10.6. The molecule has 0 N–H and O–H groups in total. The fraction of sp³-hybridized carbons (Fsp3) is 0.632. The summed E-state index contributed by atoms with van der Waals surface area (Å²) in [6.45, 7) is 8.44. The summed E-state index contributed by atoms with van der Waals surface area (Å²) in [4.78, 5) is 17.2. The van der Waals surface area contributed by atoms with Crippen LogP contribution in [0.4, 0.5) is 0 Å². The molecule has 0 aromatic heterocycles. The number of amides is 1. The Bertz CT molecular complexity index is 495. The highest BCUT2D eigenvalue weighted by Crippen LogP contribution is 2.33. The Morgan fingerprint density at radius 2 is 1.91 bits per heavy atom. The van der Waals surface area contributed by atoms with Gasteiger partial charge in [0.25, 0.3) is 0 Å². The molecule has 0 bridgehead atoms. The topological polar surface area (TPSA) is 23.6 Å². The van der Waals surface area contributed by atoms with E-state index in [1.165, 1.54) is 5.56 Å². The number of hydrogen-bond acceptors (Lipinski definition) is 2. The second kappa shape index (κ2) is 6.82. The molecule has 120 valence electrons. The third kappa shape index (κ3) is 3.89. The molecule has 2 aliphatic rings. The molecule has 1 aliphatic heterocycles. The average Bonchev–Trinajstić information content (AvgIpc) is 3.32. The van der Waals surface area contributed by atoms with E-state index >= 15 is 0 Å². The normalized spacial score (nSPS) is 23.0. The van der Waals surface area contributed by atoms with Crippen molar-refractivity contribution < 1.29 is 4.79 Å². The van der Waals surface area contributed by atoms with Crippen LogP contribution in [0, 0.1) is 11.8 Å². The molecule has 1 aliphatic carbocycles. The van der Waals surface area contributed by atoms with Gasteiger partial charge >= 0.3 is 0 Å². The molecule has 22 heavy (non-hydrogen) atoms. The number of carbonyl (C=O) groups is 1. The van der Waals surface area contributed by atoms with Gasteiger partial charge in [-0.15, -0.1) is 0 Å². The second-order valence-corrected chi connectivity index (χ2v) is 7.31. The van der Waals surface area contributed by atoms with Gasteiger partial charge in [-0.05, 0) is 30.7 Å². The monoisotopic (exact) mass is 300 g/mol. The van der Waals surface area contributed by atoms with E-state index in [9.17, 15) is 4.79 Å². The minimum Gasteiger partial charge on any atom is -0.337 e. The average molecular weight is 300 g/mol. The van der Waals surface area contributed by atoms with Gasteiger partial charge < -0.3 is 4.90 Å². The third-order valence-corrected chi connectivity index (χ3v) is 4.77. The molecule has 0 radical (unpaired) electrons. The van der Waals surface area contributed by atoms with Crippen LogP contribution in [0.15, 0.2) is 30.3 Å².